The van der Waals surface area contributed by atoms with Crippen LogP contribution in [0, 0.1) is 13.8 Å². The van der Waals surface area contributed by atoms with Crippen LogP contribution in [0.15, 0.2) is 22.8 Å². The molecule has 0 saturated carbocycles. The smallest absolute Gasteiger partial charge is 0.159 e. The zero-order chi connectivity index (χ0) is 15.0. The zero-order valence-electron chi connectivity index (χ0n) is 12.5. The van der Waals surface area contributed by atoms with E-state index in [2.05, 4.69) is 46.9 Å². The molecule has 0 bridgehead atoms. The van der Waals surface area contributed by atoms with Gasteiger partial charge in [-0.05, 0) is 56.4 Å². The van der Waals surface area contributed by atoms with Crippen LogP contribution >= 0.6 is 15.9 Å². The Morgan fingerprint density at radius 2 is 1.90 bits per heavy atom. The van der Waals surface area contributed by atoms with Gasteiger partial charge in [-0.25, -0.2) is 9.97 Å². The van der Waals surface area contributed by atoms with Crippen molar-refractivity contribution in [2.45, 2.75) is 45.6 Å². The second-order valence-electron chi connectivity index (χ2n) is 5.87. The van der Waals surface area contributed by atoms with Gasteiger partial charge in [-0.2, -0.15) is 0 Å². The topological polar surface area (TPSA) is 51.8 Å². The van der Waals surface area contributed by atoms with E-state index in [-0.39, 0.29) is 6.04 Å². The van der Waals surface area contributed by atoms with E-state index in [1.807, 2.05) is 6.20 Å². The molecule has 1 atom stereocenters. The van der Waals surface area contributed by atoms with Crippen LogP contribution in [0.3, 0.4) is 0 Å². The van der Waals surface area contributed by atoms with Gasteiger partial charge in [0.25, 0.3) is 0 Å². The Balaban J connectivity index is 2.06. The molecule has 3 nitrogen and oxygen atoms in total. The Kier molecular flexibility index (Phi) is 4.09. The van der Waals surface area contributed by atoms with Crippen LogP contribution in [0.25, 0.3) is 11.4 Å². The lowest BCUT2D eigenvalue weighted by molar-refractivity contribution is 0.614. The molecule has 0 spiro atoms. The van der Waals surface area contributed by atoms with E-state index >= 15 is 0 Å². The largest absolute Gasteiger partial charge is 0.324 e. The van der Waals surface area contributed by atoms with Crippen molar-refractivity contribution in [1.29, 1.82) is 0 Å². The van der Waals surface area contributed by atoms with Gasteiger partial charge in [0.15, 0.2) is 5.82 Å². The first-order chi connectivity index (χ1) is 10.1. The maximum atomic E-state index is 6.22. The Morgan fingerprint density at radius 3 is 2.62 bits per heavy atom. The van der Waals surface area contributed by atoms with Crippen molar-refractivity contribution >= 4 is 15.9 Å². The Bertz CT molecular complexity index is 659. The third-order valence-electron chi connectivity index (χ3n) is 4.17. The molecule has 21 heavy (non-hydrogen) atoms. The van der Waals surface area contributed by atoms with Crippen LogP contribution < -0.4 is 5.73 Å². The van der Waals surface area contributed by atoms with Gasteiger partial charge >= 0.3 is 0 Å². The molecule has 110 valence electrons. The number of hydrogen-bond donors (Lipinski definition) is 1. The minimum Gasteiger partial charge on any atom is -0.324 e. The van der Waals surface area contributed by atoms with E-state index < -0.39 is 0 Å². The van der Waals surface area contributed by atoms with Crippen LogP contribution in [-0.4, -0.2) is 9.97 Å². The van der Waals surface area contributed by atoms with Crippen LogP contribution in [0.2, 0.25) is 0 Å². The summed E-state index contributed by atoms with van der Waals surface area (Å²) in [4.78, 5) is 9.36. The SMILES string of the molecule is Cc1cc(-c2ncc3c(n2)CCCCC3N)cc(C)c1Br. The molecular weight excluding hydrogens is 326 g/mol. The van der Waals surface area contributed by atoms with Crippen LogP contribution in [0.4, 0.5) is 0 Å². The molecule has 2 N–H and O–H groups in total. The molecule has 3 rings (SSSR count). The fourth-order valence-corrected chi connectivity index (χ4v) is 3.19. The van der Waals surface area contributed by atoms with Crippen molar-refractivity contribution in [2.75, 3.05) is 0 Å². The summed E-state index contributed by atoms with van der Waals surface area (Å²) in [6.07, 6.45) is 6.30. The maximum Gasteiger partial charge on any atom is 0.159 e. The summed E-state index contributed by atoms with van der Waals surface area (Å²) in [7, 11) is 0. The van der Waals surface area contributed by atoms with Gasteiger partial charge in [-0.15, -0.1) is 0 Å². The summed E-state index contributed by atoms with van der Waals surface area (Å²) in [6.45, 7) is 4.19. The predicted molar refractivity (Wildman–Crippen MR) is 89.1 cm³/mol. The van der Waals surface area contributed by atoms with Gasteiger partial charge in [0, 0.05) is 33.5 Å². The molecule has 1 heterocycles. The second kappa shape index (κ2) is 5.85. The van der Waals surface area contributed by atoms with Crippen molar-refractivity contribution < 1.29 is 0 Å². The highest BCUT2D eigenvalue weighted by molar-refractivity contribution is 9.10. The monoisotopic (exact) mass is 345 g/mol. The Labute approximate surface area is 134 Å². The number of aryl methyl sites for hydroxylation is 3. The number of halogens is 1. The minimum atomic E-state index is 0.0879. The highest BCUT2D eigenvalue weighted by Crippen LogP contribution is 2.29. The first kappa shape index (κ1) is 14.7. The average Bonchev–Trinajstić information content (AvgIpc) is 2.66. The fourth-order valence-electron chi connectivity index (χ4n) is 2.96. The number of nitrogens with two attached hydrogens (primary N) is 1. The van der Waals surface area contributed by atoms with Gasteiger partial charge in [-0.1, -0.05) is 22.4 Å². The van der Waals surface area contributed by atoms with Gasteiger partial charge in [-0.3, -0.25) is 0 Å². The summed E-state index contributed by atoms with van der Waals surface area (Å²) in [6, 6.07) is 4.36. The number of hydrogen-bond acceptors (Lipinski definition) is 3. The molecule has 1 aliphatic rings. The molecular formula is C17H20BrN3. The predicted octanol–water partition coefficient (Wildman–Crippen LogP) is 4.25. The second-order valence-corrected chi connectivity index (χ2v) is 6.66. The first-order valence-corrected chi connectivity index (χ1v) is 8.24. The van der Waals surface area contributed by atoms with Crippen molar-refractivity contribution in [3.05, 3.63) is 45.2 Å². The van der Waals surface area contributed by atoms with E-state index in [9.17, 15) is 0 Å². The van der Waals surface area contributed by atoms with E-state index in [1.54, 1.807) is 0 Å². The molecule has 1 unspecified atom stereocenters. The van der Waals surface area contributed by atoms with Gasteiger partial charge in [0.2, 0.25) is 0 Å². The Hall–Kier alpha value is -1.26. The van der Waals surface area contributed by atoms with Crippen LogP contribution in [0.1, 0.15) is 47.7 Å². The first-order valence-electron chi connectivity index (χ1n) is 7.45. The number of benzene rings is 1. The van der Waals surface area contributed by atoms with E-state index in [4.69, 9.17) is 10.7 Å². The summed E-state index contributed by atoms with van der Waals surface area (Å²) in [5, 5.41) is 0. The lowest BCUT2D eigenvalue weighted by atomic mass is 10.0. The summed E-state index contributed by atoms with van der Waals surface area (Å²) in [5.41, 5.74) is 12.0. The summed E-state index contributed by atoms with van der Waals surface area (Å²) < 4.78 is 1.16. The summed E-state index contributed by atoms with van der Waals surface area (Å²) >= 11 is 3.61. The fraction of sp³-hybridized carbons (Fsp3) is 0.412. The number of aromatic nitrogens is 2. The molecule has 1 aliphatic carbocycles. The molecule has 0 aliphatic heterocycles. The third kappa shape index (κ3) is 2.87. The third-order valence-corrected chi connectivity index (χ3v) is 5.42. The molecule has 2 aromatic rings. The van der Waals surface area contributed by atoms with E-state index in [0.717, 1.165) is 46.4 Å². The lowest BCUT2D eigenvalue weighted by Gasteiger charge is -2.13. The van der Waals surface area contributed by atoms with Gasteiger partial charge < -0.3 is 5.73 Å². The highest BCUT2D eigenvalue weighted by atomic mass is 79.9. The van der Waals surface area contributed by atoms with Crippen LogP contribution in [-0.2, 0) is 6.42 Å². The molecule has 0 radical (unpaired) electrons. The van der Waals surface area contributed by atoms with Crippen molar-refractivity contribution in [3.63, 3.8) is 0 Å². The molecule has 1 aromatic carbocycles. The molecule has 0 amide bonds. The average molecular weight is 346 g/mol. The van der Waals surface area contributed by atoms with E-state index in [0.29, 0.717) is 0 Å². The molecule has 0 saturated heterocycles. The van der Waals surface area contributed by atoms with Gasteiger partial charge in [0.1, 0.15) is 0 Å². The highest BCUT2D eigenvalue weighted by Gasteiger charge is 2.18. The molecule has 1 aromatic heterocycles. The molecule has 4 heteroatoms. The number of nitrogens with zero attached hydrogens (tertiary/aromatic N) is 2. The quantitative estimate of drug-likeness (QED) is 0.786. The minimum absolute atomic E-state index is 0.0879. The van der Waals surface area contributed by atoms with Crippen molar-refractivity contribution in [2.24, 2.45) is 5.73 Å². The Morgan fingerprint density at radius 1 is 1.19 bits per heavy atom. The number of rotatable bonds is 1. The summed E-state index contributed by atoms with van der Waals surface area (Å²) in [5.74, 6) is 0.807. The zero-order valence-corrected chi connectivity index (χ0v) is 14.1. The number of fused-ring (bicyclic) bond motifs is 1. The lowest BCUT2D eigenvalue weighted by Crippen LogP contribution is -2.12. The maximum absolute atomic E-state index is 6.22. The van der Waals surface area contributed by atoms with Gasteiger partial charge in [0.05, 0.1) is 0 Å². The normalized spacial score (nSPS) is 18.2. The van der Waals surface area contributed by atoms with Crippen LogP contribution in [0.5, 0.6) is 0 Å². The van der Waals surface area contributed by atoms with E-state index in [1.165, 1.54) is 17.5 Å². The van der Waals surface area contributed by atoms with Crippen molar-refractivity contribution in [3.8, 4) is 11.4 Å². The molecule has 0 fully saturated rings. The van der Waals surface area contributed by atoms with Crippen molar-refractivity contribution in [1.82, 2.24) is 9.97 Å². The standard InChI is InChI=1S/C17H20BrN3/c1-10-7-12(8-11(2)16(10)18)17-20-9-13-14(19)5-3-4-6-15(13)21-17/h7-9,14H,3-6,19H2,1-2H3.